The number of nitrogens with two attached hydrogens (primary N) is 1. The van der Waals surface area contributed by atoms with Crippen LogP contribution in [0.4, 0.5) is 5.82 Å². The zero-order chi connectivity index (χ0) is 23.6. The predicted molar refractivity (Wildman–Crippen MR) is 114 cm³/mol. The molecule has 2 amide bonds. The average molecular weight is 468 g/mol. The first-order valence-corrected chi connectivity index (χ1v) is 10.3. The third kappa shape index (κ3) is 4.64. The van der Waals surface area contributed by atoms with Crippen molar-refractivity contribution in [3.63, 3.8) is 0 Å². The van der Waals surface area contributed by atoms with E-state index in [-0.39, 0.29) is 12.4 Å². The highest BCUT2D eigenvalue weighted by Crippen LogP contribution is 2.32. The van der Waals surface area contributed by atoms with Gasteiger partial charge in [-0.05, 0) is 13.8 Å². The number of hydrogen-bond donors (Lipinski definition) is 5. The van der Waals surface area contributed by atoms with Crippen LogP contribution >= 0.6 is 11.9 Å². The summed E-state index contributed by atoms with van der Waals surface area (Å²) >= 11 is 0.613. The second-order valence-electron chi connectivity index (χ2n) is 7.78. The highest BCUT2D eigenvalue weighted by Gasteiger charge is 2.45. The van der Waals surface area contributed by atoms with Crippen LogP contribution in [0.2, 0.25) is 0 Å². The fourth-order valence-electron chi connectivity index (χ4n) is 3.39. The maximum atomic E-state index is 12.7. The molecule has 32 heavy (non-hydrogen) atoms. The van der Waals surface area contributed by atoms with E-state index in [1.807, 2.05) is 0 Å². The van der Waals surface area contributed by atoms with Crippen LogP contribution in [0.1, 0.15) is 27.0 Å². The van der Waals surface area contributed by atoms with Crippen molar-refractivity contribution in [2.75, 3.05) is 12.3 Å². The molecule has 3 heterocycles. The number of rotatable bonds is 8. The van der Waals surface area contributed by atoms with Crippen molar-refractivity contribution in [3.8, 4) is 0 Å². The maximum absolute atomic E-state index is 12.7. The van der Waals surface area contributed by atoms with E-state index >= 15 is 0 Å². The van der Waals surface area contributed by atoms with Gasteiger partial charge in [-0.15, -0.1) is 4.91 Å². The van der Waals surface area contributed by atoms with E-state index in [4.69, 9.17) is 10.5 Å². The van der Waals surface area contributed by atoms with Crippen LogP contribution in [-0.4, -0.2) is 77.2 Å². The highest BCUT2D eigenvalue weighted by atomic mass is 32.2. The van der Waals surface area contributed by atoms with Crippen LogP contribution in [0.5, 0.6) is 0 Å². The van der Waals surface area contributed by atoms with Crippen LogP contribution < -0.4 is 16.4 Å². The number of amides is 2. The van der Waals surface area contributed by atoms with Gasteiger partial charge in [-0.25, -0.2) is 15.0 Å². The van der Waals surface area contributed by atoms with E-state index in [1.165, 1.54) is 24.1 Å². The van der Waals surface area contributed by atoms with Gasteiger partial charge < -0.3 is 31.3 Å². The molecule has 15 heteroatoms. The van der Waals surface area contributed by atoms with Crippen molar-refractivity contribution in [3.05, 3.63) is 17.6 Å². The fourth-order valence-corrected chi connectivity index (χ4v) is 3.86. The largest absolute Gasteiger partial charge is 0.387 e. The minimum Gasteiger partial charge on any atom is -0.387 e. The number of carbonyl (C=O) groups excluding carboxylic acids is 2. The molecule has 5 atom stereocenters. The number of aromatic nitrogens is 4. The van der Waals surface area contributed by atoms with Gasteiger partial charge in [0.15, 0.2) is 17.7 Å². The van der Waals surface area contributed by atoms with E-state index in [0.717, 1.165) is 0 Å². The highest BCUT2D eigenvalue weighted by molar-refractivity contribution is 7.99. The normalized spacial score (nSPS) is 24.3. The lowest BCUT2D eigenvalue weighted by Crippen LogP contribution is -2.57. The number of nitrogens with one attached hydrogen (secondary N) is 2. The van der Waals surface area contributed by atoms with Gasteiger partial charge in [0, 0.05) is 30.0 Å². The van der Waals surface area contributed by atoms with E-state index in [0.29, 0.717) is 23.1 Å². The summed E-state index contributed by atoms with van der Waals surface area (Å²) in [5.41, 5.74) is 6.40. The third-order valence-corrected chi connectivity index (χ3v) is 5.83. The van der Waals surface area contributed by atoms with E-state index < -0.39 is 47.1 Å². The molecule has 14 nitrogen and oxygen atoms in total. The molecule has 0 bridgehead atoms. The lowest BCUT2D eigenvalue weighted by Gasteiger charge is -2.30. The monoisotopic (exact) mass is 468 g/mol. The predicted octanol–water partition coefficient (Wildman–Crippen LogP) is -1.16. The van der Waals surface area contributed by atoms with E-state index in [2.05, 4.69) is 30.2 Å². The molecule has 174 valence electrons. The number of imidazole rings is 1. The molecule has 0 aliphatic carbocycles. The second kappa shape index (κ2) is 9.32. The molecule has 3 rings (SSSR count). The van der Waals surface area contributed by atoms with Gasteiger partial charge in [0.1, 0.15) is 36.2 Å². The Labute approximate surface area is 186 Å². The molecule has 0 aromatic carbocycles. The van der Waals surface area contributed by atoms with Crippen LogP contribution in [-0.2, 0) is 14.3 Å². The zero-order valence-corrected chi connectivity index (χ0v) is 18.3. The average Bonchev–Trinajstić information content (AvgIpc) is 3.27. The Balaban J connectivity index is 1.72. The van der Waals surface area contributed by atoms with Gasteiger partial charge in [0.25, 0.3) is 0 Å². The number of aliphatic hydroxyl groups is 2. The van der Waals surface area contributed by atoms with Gasteiger partial charge in [-0.3, -0.25) is 14.2 Å². The summed E-state index contributed by atoms with van der Waals surface area (Å²) in [6, 6.07) is -1.08. The first-order valence-electron chi connectivity index (χ1n) is 9.57. The number of ether oxygens (including phenoxy) is 1. The first kappa shape index (κ1) is 23.8. The molecule has 0 spiro atoms. The van der Waals surface area contributed by atoms with Gasteiger partial charge in [-0.2, -0.15) is 0 Å². The van der Waals surface area contributed by atoms with Crippen LogP contribution in [0.25, 0.3) is 11.2 Å². The molecule has 2 aromatic heterocycles. The first-order chi connectivity index (χ1) is 15.1. The minimum absolute atomic E-state index is 0.153. The van der Waals surface area contributed by atoms with Crippen LogP contribution in [0.3, 0.4) is 0 Å². The lowest BCUT2D eigenvalue weighted by atomic mass is 10.0. The van der Waals surface area contributed by atoms with Crippen molar-refractivity contribution in [2.45, 2.75) is 56.1 Å². The summed E-state index contributed by atoms with van der Waals surface area (Å²) in [5.74, 6) is -0.922. The number of nitrogens with zero attached hydrogens (tertiary/aromatic N) is 5. The second-order valence-corrected chi connectivity index (χ2v) is 9.16. The fraction of sp³-hybridized carbons (Fsp3) is 0.588. The Morgan fingerprint density at radius 3 is 2.72 bits per heavy atom. The lowest BCUT2D eigenvalue weighted by molar-refractivity contribution is -0.129. The Morgan fingerprint density at radius 1 is 1.34 bits per heavy atom. The molecule has 0 radical (unpaired) electrons. The quantitative estimate of drug-likeness (QED) is 0.231. The Kier molecular flexibility index (Phi) is 6.92. The van der Waals surface area contributed by atoms with Gasteiger partial charge in [0.2, 0.25) is 11.8 Å². The molecule has 0 saturated carbocycles. The topological polar surface area (TPSA) is 207 Å². The van der Waals surface area contributed by atoms with Crippen molar-refractivity contribution in [1.82, 2.24) is 30.2 Å². The Bertz CT molecular complexity index is 1020. The van der Waals surface area contributed by atoms with Crippen molar-refractivity contribution >= 4 is 40.7 Å². The standard InChI is InChI=1S/C17H24N8O6S/c1-7(26)23-12(17(2,3)32-24-30)15(29)19-4-8-10(27)11(28)16(31-8)25-6-22-9-13(18)20-5-21-14(9)25/h5-6,8,10-12,16,27-28H,4H2,1-3H3,(H,19,29)(H,23,26)(H2,18,20,21)/t8-,10-,11-,12-,16-/m1/s1. The summed E-state index contributed by atoms with van der Waals surface area (Å²) in [5, 5.41) is 26.0. The number of hydrogen-bond acceptors (Lipinski definition) is 12. The van der Waals surface area contributed by atoms with Gasteiger partial charge in [0.05, 0.1) is 11.1 Å². The zero-order valence-electron chi connectivity index (χ0n) is 17.5. The summed E-state index contributed by atoms with van der Waals surface area (Å²) in [6.45, 7) is 4.23. The summed E-state index contributed by atoms with van der Waals surface area (Å²) in [7, 11) is 0. The molecule has 2 aromatic rings. The number of nitrogen functional groups attached to an aromatic ring is 1. The number of aliphatic hydroxyl groups excluding tert-OH is 2. The number of carbonyl (C=O) groups is 2. The summed E-state index contributed by atoms with van der Waals surface area (Å²) in [6.07, 6.45) is -2.10. The number of nitroso groups, excluding NO2 is 1. The Morgan fingerprint density at radius 2 is 2.06 bits per heavy atom. The van der Waals surface area contributed by atoms with Crippen molar-refractivity contribution in [2.24, 2.45) is 4.58 Å². The third-order valence-electron chi connectivity index (χ3n) is 5.05. The van der Waals surface area contributed by atoms with Crippen LogP contribution in [0.15, 0.2) is 17.2 Å². The molecule has 1 fully saturated rings. The van der Waals surface area contributed by atoms with Crippen molar-refractivity contribution in [1.29, 1.82) is 0 Å². The van der Waals surface area contributed by atoms with Gasteiger partial charge in [-0.1, -0.05) is 0 Å². The summed E-state index contributed by atoms with van der Waals surface area (Å²) < 4.78 is 8.90. The maximum Gasteiger partial charge on any atom is 0.244 e. The smallest absolute Gasteiger partial charge is 0.244 e. The molecule has 1 saturated heterocycles. The Hall–Kier alpha value is -2.88. The van der Waals surface area contributed by atoms with Gasteiger partial charge >= 0.3 is 0 Å². The number of fused-ring (bicyclic) bond motifs is 1. The molecule has 0 unspecified atom stereocenters. The summed E-state index contributed by atoms with van der Waals surface area (Å²) in [4.78, 5) is 47.0. The molecular formula is C17H24N8O6S. The van der Waals surface area contributed by atoms with E-state index in [1.54, 1.807) is 13.8 Å². The SMILES string of the molecule is CC(=O)N[C@H](C(=O)NC[C@H]1O[C@@H](n2cnc3c(N)ncnc32)[C@H](O)[C@@H]1O)C(C)(C)SN=O. The molecular weight excluding hydrogens is 444 g/mol. The number of anilines is 1. The van der Waals surface area contributed by atoms with Crippen molar-refractivity contribution < 1.29 is 24.5 Å². The molecule has 1 aliphatic rings. The minimum atomic E-state index is -1.34. The molecule has 1 aliphatic heterocycles. The van der Waals surface area contributed by atoms with Crippen LogP contribution in [0, 0.1) is 4.91 Å². The van der Waals surface area contributed by atoms with E-state index in [9.17, 15) is 24.7 Å². The molecule has 6 N–H and O–H groups in total.